The lowest BCUT2D eigenvalue weighted by Gasteiger charge is -2.13. The smallest absolute Gasteiger partial charge is 0.266 e. The normalized spacial score (nSPS) is 14.4. The Morgan fingerprint density at radius 1 is 1.05 bits per heavy atom. The average Bonchev–Trinajstić information content (AvgIpc) is 3.50. The van der Waals surface area contributed by atoms with Gasteiger partial charge in [0.1, 0.15) is 16.7 Å². The van der Waals surface area contributed by atoms with Crippen LogP contribution in [0.25, 0.3) is 23.0 Å². The number of thiocarbonyl (C=S) groups is 1. The van der Waals surface area contributed by atoms with E-state index >= 15 is 0 Å². The Bertz CT molecular complexity index is 1560. The number of rotatable bonds is 10. The van der Waals surface area contributed by atoms with Crippen LogP contribution in [0.2, 0.25) is 10.0 Å². The van der Waals surface area contributed by atoms with Gasteiger partial charge in [-0.15, -0.1) is 0 Å². The molecular formula is C30H25Cl2N3O3S2. The van der Waals surface area contributed by atoms with Crippen LogP contribution in [0.3, 0.4) is 0 Å². The van der Waals surface area contributed by atoms with Gasteiger partial charge in [-0.2, -0.15) is 5.10 Å². The van der Waals surface area contributed by atoms with Crippen LogP contribution in [-0.2, 0) is 16.1 Å². The molecule has 0 spiro atoms. The molecule has 0 N–H and O–H groups in total. The molecular weight excluding hydrogens is 585 g/mol. The Balaban J connectivity index is 1.41. The van der Waals surface area contributed by atoms with Crippen molar-refractivity contribution in [2.24, 2.45) is 0 Å². The first-order valence-corrected chi connectivity index (χ1v) is 14.5. The van der Waals surface area contributed by atoms with Gasteiger partial charge in [0.2, 0.25) is 0 Å². The zero-order valence-electron chi connectivity index (χ0n) is 21.6. The number of benzene rings is 3. The molecule has 1 fully saturated rings. The van der Waals surface area contributed by atoms with E-state index in [9.17, 15) is 4.79 Å². The fraction of sp³-hybridized carbons (Fsp3) is 0.167. The molecule has 0 saturated carbocycles. The van der Waals surface area contributed by atoms with E-state index in [1.54, 1.807) is 24.1 Å². The van der Waals surface area contributed by atoms with Crippen molar-refractivity contribution in [3.05, 3.63) is 105 Å². The van der Waals surface area contributed by atoms with Crippen LogP contribution in [0.15, 0.2) is 83.9 Å². The lowest BCUT2D eigenvalue weighted by molar-refractivity contribution is -0.122. The molecule has 0 atom stereocenters. The van der Waals surface area contributed by atoms with E-state index < -0.39 is 0 Å². The van der Waals surface area contributed by atoms with Gasteiger partial charge in [-0.1, -0.05) is 71.4 Å². The van der Waals surface area contributed by atoms with E-state index in [2.05, 4.69) is 0 Å². The average molecular weight is 611 g/mol. The number of para-hydroxylation sites is 1. The van der Waals surface area contributed by atoms with Gasteiger partial charge in [0.15, 0.2) is 0 Å². The first-order valence-electron chi connectivity index (χ1n) is 12.5. The molecule has 3 aromatic carbocycles. The van der Waals surface area contributed by atoms with Crippen LogP contribution in [0.1, 0.15) is 17.5 Å². The molecule has 10 heteroatoms. The van der Waals surface area contributed by atoms with Gasteiger partial charge in [-0.25, -0.2) is 4.68 Å². The van der Waals surface area contributed by atoms with E-state index in [4.69, 9.17) is 50.0 Å². The molecule has 2 heterocycles. The Kier molecular flexibility index (Phi) is 9.24. The first-order chi connectivity index (χ1) is 19.4. The summed E-state index contributed by atoms with van der Waals surface area (Å²) in [5.74, 6) is 0.588. The van der Waals surface area contributed by atoms with Crippen LogP contribution >= 0.6 is 47.2 Å². The lowest BCUT2D eigenvalue weighted by Crippen LogP contribution is -2.29. The summed E-state index contributed by atoms with van der Waals surface area (Å²) in [6.07, 6.45) is 4.51. The number of aromatic nitrogens is 2. The van der Waals surface area contributed by atoms with Crippen LogP contribution in [-0.4, -0.2) is 45.2 Å². The molecule has 0 aliphatic carbocycles. The van der Waals surface area contributed by atoms with E-state index in [0.717, 1.165) is 28.1 Å². The van der Waals surface area contributed by atoms with Gasteiger partial charge in [0, 0.05) is 53.2 Å². The minimum Gasteiger partial charge on any atom is -0.489 e. The van der Waals surface area contributed by atoms with Crippen molar-refractivity contribution in [1.29, 1.82) is 0 Å². The Labute approximate surface area is 252 Å². The largest absolute Gasteiger partial charge is 0.489 e. The third kappa shape index (κ3) is 6.59. The van der Waals surface area contributed by atoms with Crippen LogP contribution in [0.4, 0.5) is 0 Å². The summed E-state index contributed by atoms with van der Waals surface area (Å²) in [5, 5.41) is 6.02. The monoisotopic (exact) mass is 609 g/mol. The highest BCUT2D eigenvalue weighted by molar-refractivity contribution is 8.26. The molecule has 1 amide bonds. The van der Waals surface area contributed by atoms with E-state index in [1.807, 2.05) is 77.6 Å². The van der Waals surface area contributed by atoms with Gasteiger partial charge in [0.25, 0.3) is 5.91 Å². The number of ether oxygens (including phenoxy) is 2. The molecule has 1 aliphatic rings. The third-order valence-corrected chi connectivity index (χ3v) is 8.16. The number of nitrogens with zero attached hydrogens (tertiary/aromatic N) is 3. The second-order valence-electron chi connectivity index (χ2n) is 8.94. The van der Waals surface area contributed by atoms with E-state index in [0.29, 0.717) is 51.2 Å². The van der Waals surface area contributed by atoms with Crippen molar-refractivity contribution in [2.75, 3.05) is 20.3 Å². The Morgan fingerprint density at radius 3 is 2.55 bits per heavy atom. The summed E-state index contributed by atoms with van der Waals surface area (Å²) in [6, 6.07) is 22.8. The molecule has 6 nitrogen and oxygen atoms in total. The molecule has 1 saturated heterocycles. The van der Waals surface area contributed by atoms with Gasteiger partial charge >= 0.3 is 0 Å². The number of halogens is 2. The SMILES string of the molecule is COCCCN1C(=O)/C(=C/c2cn(-c3ccccc3)nc2-c2ccc(OCc3ccc(Cl)cc3Cl)cc2)SC1=S. The van der Waals surface area contributed by atoms with Crippen molar-refractivity contribution in [3.8, 4) is 22.7 Å². The maximum absolute atomic E-state index is 13.2. The Hall–Kier alpha value is -3.14. The molecule has 0 unspecified atom stereocenters. The minimum atomic E-state index is -0.103. The summed E-state index contributed by atoms with van der Waals surface area (Å²) in [7, 11) is 1.64. The highest BCUT2D eigenvalue weighted by atomic mass is 35.5. The predicted molar refractivity (Wildman–Crippen MR) is 166 cm³/mol. The molecule has 4 aromatic rings. The topological polar surface area (TPSA) is 56.6 Å². The van der Waals surface area contributed by atoms with E-state index in [-0.39, 0.29) is 5.91 Å². The standard InChI is InChI=1S/C30H25Cl2N3O3S2/c1-37-15-5-14-34-29(36)27(40-30(34)39)16-22-18-35(24-6-3-2-4-7-24)33-28(22)20-9-12-25(13-10-20)38-19-21-8-11-23(31)17-26(21)32/h2-4,6-13,16-18H,5,14-15,19H2,1H3/b27-16-. The molecule has 0 bridgehead atoms. The molecule has 1 aliphatic heterocycles. The second-order valence-corrected chi connectivity index (χ2v) is 11.5. The fourth-order valence-corrected chi connectivity index (χ4v) is 5.90. The molecule has 1 aromatic heterocycles. The zero-order chi connectivity index (χ0) is 28.1. The minimum absolute atomic E-state index is 0.103. The van der Waals surface area contributed by atoms with Crippen LogP contribution < -0.4 is 4.74 Å². The number of thioether (sulfide) groups is 1. The molecule has 0 radical (unpaired) electrons. The fourth-order valence-electron chi connectivity index (χ4n) is 4.14. The van der Waals surface area contributed by atoms with Crippen molar-refractivity contribution in [3.63, 3.8) is 0 Å². The second kappa shape index (κ2) is 13.0. The lowest BCUT2D eigenvalue weighted by atomic mass is 10.1. The van der Waals surface area contributed by atoms with Crippen molar-refractivity contribution in [1.82, 2.24) is 14.7 Å². The number of amides is 1. The maximum Gasteiger partial charge on any atom is 0.266 e. The zero-order valence-corrected chi connectivity index (χ0v) is 24.7. The highest BCUT2D eigenvalue weighted by Crippen LogP contribution is 2.35. The maximum atomic E-state index is 13.2. The Morgan fingerprint density at radius 2 is 1.82 bits per heavy atom. The van der Waals surface area contributed by atoms with Gasteiger partial charge in [-0.05, 0) is 61.0 Å². The summed E-state index contributed by atoms with van der Waals surface area (Å²) >= 11 is 19.1. The number of methoxy groups -OCH3 is 1. The van der Waals surface area contributed by atoms with E-state index in [1.165, 1.54) is 11.8 Å². The van der Waals surface area contributed by atoms with Gasteiger partial charge in [0.05, 0.1) is 16.3 Å². The number of hydrogen-bond acceptors (Lipinski definition) is 6. The summed E-state index contributed by atoms with van der Waals surface area (Å²) in [4.78, 5) is 15.4. The van der Waals surface area contributed by atoms with Crippen molar-refractivity contribution in [2.45, 2.75) is 13.0 Å². The number of carbonyl (C=O) groups is 1. The van der Waals surface area contributed by atoms with Crippen LogP contribution in [0.5, 0.6) is 5.75 Å². The van der Waals surface area contributed by atoms with Crippen molar-refractivity contribution < 1.29 is 14.3 Å². The van der Waals surface area contributed by atoms with Gasteiger partial charge in [-0.3, -0.25) is 9.69 Å². The summed E-state index contributed by atoms with van der Waals surface area (Å²) < 4.78 is 13.4. The summed E-state index contributed by atoms with van der Waals surface area (Å²) in [6.45, 7) is 1.40. The van der Waals surface area contributed by atoms with Crippen molar-refractivity contribution >= 4 is 63.5 Å². The third-order valence-electron chi connectivity index (χ3n) is 6.19. The van der Waals surface area contributed by atoms with Crippen LogP contribution in [0, 0.1) is 0 Å². The quantitative estimate of drug-likeness (QED) is 0.104. The molecule has 5 rings (SSSR count). The first kappa shape index (κ1) is 28.4. The predicted octanol–water partition coefficient (Wildman–Crippen LogP) is 7.66. The van der Waals surface area contributed by atoms with Gasteiger partial charge < -0.3 is 9.47 Å². The number of hydrogen-bond donors (Lipinski definition) is 0. The number of carbonyl (C=O) groups excluding carboxylic acids is 1. The highest BCUT2D eigenvalue weighted by Gasteiger charge is 2.32. The summed E-state index contributed by atoms with van der Waals surface area (Å²) in [5.41, 5.74) is 4.19. The molecule has 40 heavy (non-hydrogen) atoms. The molecule has 204 valence electrons.